The molecule has 0 bridgehead atoms. The van der Waals surface area contributed by atoms with E-state index in [0.717, 1.165) is 10.5 Å². The molecule has 0 saturated carbocycles. The zero-order valence-corrected chi connectivity index (χ0v) is 16.9. The topological polar surface area (TPSA) is 71.4 Å². The van der Waals surface area contributed by atoms with Crippen LogP contribution in [0.1, 0.15) is 32.8 Å². The standard InChI is InChI=1S/C21H29N3O4/c1-21(2,3)28-20(27)23-13-11-22(12-14-23)17-15-18(25)24(19(17)26)10-9-16-7-5-4-6-8-16/h4-8,17H,9-15H2,1-3H3/p+1/t17-/m1/s1. The third kappa shape index (κ3) is 4.90. The molecule has 3 amide bonds. The Labute approximate surface area is 166 Å². The van der Waals surface area contributed by atoms with Crippen molar-refractivity contribution in [1.82, 2.24) is 9.80 Å². The molecule has 2 fully saturated rings. The van der Waals surface area contributed by atoms with E-state index in [1.54, 1.807) is 4.90 Å². The van der Waals surface area contributed by atoms with Crippen molar-refractivity contribution in [3.8, 4) is 0 Å². The number of ether oxygens (including phenoxy) is 1. The van der Waals surface area contributed by atoms with Gasteiger partial charge in [-0.05, 0) is 32.8 Å². The number of nitrogens with zero attached hydrogens (tertiary/aromatic N) is 2. The molecule has 0 aromatic heterocycles. The minimum absolute atomic E-state index is 0.0818. The van der Waals surface area contributed by atoms with Crippen LogP contribution in [0.4, 0.5) is 4.79 Å². The number of likely N-dealkylation sites (tertiary alicyclic amines) is 1. The molecule has 7 nitrogen and oxygen atoms in total. The van der Waals surface area contributed by atoms with Crippen LogP contribution in [0.3, 0.4) is 0 Å². The number of imide groups is 1. The van der Waals surface area contributed by atoms with Crippen LogP contribution in [0.15, 0.2) is 30.3 Å². The number of nitrogens with one attached hydrogen (secondary N) is 1. The highest BCUT2D eigenvalue weighted by Crippen LogP contribution is 2.14. The number of carbonyl (C=O) groups excluding carboxylic acids is 3. The Morgan fingerprint density at radius 2 is 1.79 bits per heavy atom. The molecule has 1 N–H and O–H groups in total. The van der Waals surface area contributed by atoms with Gasteiger partial charge in [0.2, 0.25) is 5.91 Å². The second-order valence-electron chi connectivity index (χ2n) is 8.50. The first-order valence-electron chi connectivity index (χ1n) is 9.95. The summed E-state index contributed by atoms with van der Waals surface area (Å²) in [5, 5.41) is 0. The van der Waals surface area contributed by atoms with Gasteiger partial charge in [0.1, 0.15) is 5.60 Å². The molecule has 0 unspecified atom stereocenters. The highest BCUT2D eigenvalue weighted by molar-refractivity contribution is 6.04. The Morgan fingerprint density at radius 3 is 2.39 bits per heavy atom. The lowest BCUT2D eigenvalue weighted by Gasteiger charge is -2.35. The first-order valence-corrected chi connectivity index (χ1v) is 9.95. The number of amides is 3. The monoisotopic (exact) mass is 388 g/mol. The average molecular weight is 388 g/mol. The first-order chi connectivity index (χ1) is 13.2. The summed E-state index contributed by atoms with van der Waals surface area (Å²) in [5.74, 6) is -0.172. The highest BCUT2D eigenvalue weighted by Gasteiger charge is 2.45. The summed E-state index contributed by atoms with van der Waals surface area (Å²) >= 11 is 0. The van der Waals surface area contributed by atoms with E-state index in [1.165, 1.54) is 4.90 Å². The van der Waals surface area contributed by atoms with E-state index in [9.17, 15) is 14.4 Å². The van der Waals surface area contributed by atoms with Crippen molar-refractivity contribution in [1.29, 1.82) is 0 Å². The van der Waals surface area contributed by atoms with Crippen molar-refractivity contribution in [3.05, 3.63) is 35.9 Å². The van der Waals surface area contributed by atoms with Crippen LogP contribution in [0.5, 0.6) is 0 Å². The predicted molar refractivity (Wildman–Crippen MR) is 104 cm³/mol. The second-order valence-corrected chi connectivity index (χ2v) is 8.50. The number of rotatable bonds is 4. The van der Waals surface area contributed by atoms with Crippen molar-refractivity contribution in [2.75, 3.05) is 32.7 Å². The average Bonchev–Trinajstić information content (AvgIpc) is 2.93. The number of piperazine rings is 1. The maximum atomic E-state index is 12.8. The predicted octanol–water partition coefficient (Wildman–Crippen LogP) is 0.492. The number of benzene rings is 1. The molecule has 2 saturated heterocycles. The second kappa shape index (κ2) is 8.31. The zero-order valence-electron chi connectivity index (χ0n) is 16.9. The van der Waals surface area contributed by atoms with E-state index >= 15 is 0 Å². The van der Waals surface area contributed by atoms with E-state index in [1.807, 2.05) is 51.1 Å². The number of hydrogen-bond donors (Lipinski definition) is 1. The number of quaternary nitrogens is 1. The summed E-state index contributed by atoms with van der Waals surface area (Å²) in [6, 6.07) is 9.54. The lowest BCUT2D eigenvalue weighted by molar-refractivity contribution is -0.918. The molecular weight excluding hydrogens is 358 g/mol. The summed E-state index contributed by atoms with van der Waals surface area (Å²) in [4.78, 5) is 41.6. The van der Waals surface area contributed by atoms with Gasteiger partial charge in [-0.15, -0.1) is 0 Å². The molecular formula is C21H30N3O4+. The number of hydrogen-bond acceptors (Lipinski definition) is 4. The Balaban J connectivity index is 1.52. The van der Waals surface area contributed by atoms with Gasteiger partial charge in [0.25, 0.3) is 5.91 Å². The summed E-state index contributed by atoms with van der Waals surface area (Å²) in [5.41, 5.74) is 0.596. The van der Waals surface area contributed by atoms with Crippen LogP contribution in [0, 0.1) is 0 Å². The smallest absolute Gasteiger partial charge is 0.410 e. The van der Waals surface area contributed by atoms with Gasteiger partial charge in [-0.2, -0.15) is 0 Å². The van der Waals surface area contributed by atoms with Gasteiger partial charge in [0.05, 0.1) is 32.6 Å². The summed E-state index contributed by atoms with van der Waals surface area (Å²) in [7, 11) is 0. The van der Waals surface area contributed by atoms with Crippen molar-refractivity contribution in [3.63, 3.8) is 0 Å². The van der Waals surface area contributed by atoms with Crippen molar-refractivity contribution in [2.24, 2.45) is 0 Å². The number of carbonyl (C=O) groups is 3. The fourth-order valence-electron chi connectivity index (χ4n) is 3.77. The van der Waals surface area contributed by atoms with E-state index in [4.69, 9.17) is 4.74 Å². The lowest BCUT2D eigenvalue weighted by atomic mass is 10.1. The van der Waals surface area contributed by atoms with Crippen LogP contribution in [0.2, 0.25) is 0 Å². The normalized spacial score (nSPS) is 21.3. The van der Waals surface area contributed by atoms with E-state index in [0.29, 0.717) is 39.1 Å². The van der Waals surface area contributed by atoms with E-state index < -0.39 is 5.60 Å². The van der Waals surface area contributed by atoms with Crippen molar-refractivity contribution < 1.29 is 24.0 Å². The van der Waals surface area contributed by atoms with Gasteiger partial charge in [0, 0.05) is 6.54 Å². The van der Waals surface area contributed by atoms with Crippen molar-refractivity contribution >= 4 is 17.9 Å². The van der Waals surface area contributed by atoms with E-state index in [-0.39, 0.29) is 30.4 Å². The molecule has 3 rings (SSSR count). The maximum absolute atomic E-state index is 12.8. The van der Waals surface area contributed by atoms with Gasteiger partial charge >= 0.3 is 6.09 Å². The van der Waals surface area contributed by atoms with Gasteiger partial charge < -0.3 is 9.64 Å². The Hall–Kier alpha value is -2.41. The van der Waals surface area contributed by atoms with Gasteiger partial charge in [-0.3, -0.25) is 19.4 Å². The quantitative estimate of drug-likeness (QED) is 0.763. The minimum Gasteiger partial charge on any atom is -0.444 e. The van der Waals surface area contributed by atoms with Crippen LogP contribution in [-0.4, -0.2) is 72.1 Å². The van der Waals surface area contributed by atoms with Gasteiger partial charge in [-0.1, -0.05) is 30.3 Å². The van der Waals surface area contributed by atoms with Gasteiger partial charge in [0.15, 0.2) is 6.04 Å². The largest absolute Gasteiger partial charge is 0.444 e. The molecule has 2 aliphatic rings. The molecule has 28 heavy (non-hydrogen) atoms. The Morgan fingerprint density at radius 1 is 1.14 bits per heavy atom. The Kier molecular flexibility index (Phi) is 6.03. The summed E-state index contributed by atoms with van der Waals surface area (Å²) in [6.45, 7) is 8.33. The fourth-order valence-corrected chi connectivity index (χ4v) is 3.77. The zero-order chi connectivity index (χ0) is 20.3. The highest BCUT2D eigenvalue weighted by atomic mass is 16.6. The first kappa shape index (κ1) is 20.3. The third-order valence-corrected chi connectivity index (χ3v) is 5.26. The summed E-state index contributed by atoms with van der Waals surface area (Å²) in [6.07, 6.45) is 0.618. The minimum atomic E-state index is -0.520. The molecule has 152 valence electrons. The third-order valence-electron chi connectivity index (χ3n) is 5.26. The Bertz CT molecular complexity index is 721. The molecule has 2 aliphatic heterocycles. The molecule has 1 atom stereocenters. The van der Waals surface area contributed by atoms with Crippen LogP contribution in [-0.2, 0) is 20.7 Å². The van der Waals surface area contributed by atoms with Crippen LogP contribution in [0.25, 0.3) is 0 Å². The molecule has 0 aliphatic carbocycles. The molecule has 1 aromatic rings. The van der Waals surface area contributed by atoms with Crippen LogP contribution < -0.4 is 4.90 Å². The lowest BCUT2D eigenvalue weighted by Crippen LogP contribution is -3.19. The molecule has 7 heteroatoms. The molecule has 0 spiro atoms. The van der Waals surface area contributed by atoms with Gasteiger partial charge in [-0.25, -0.2) is 4.79 Å². The maximum Gasteiger partial charge on any atom is 0.410 e. The van der Waals surface area contributed by atoms with Crippen LogP contribution >= 0.6 is 0 Å². The molecule has 0 radical (unpaired) electrons. The fraction of sp³-hybridized carbons (Fsp3) is 0.571. The van der Waals surface area contributed by atoms with E-state index in [2.05, 4.69) is 0 Å². The molecule has 2 heterocycles. The molecule has 1 aromatic carbocycles. The SMILES string of the molecule is CC(C)(C)OC(=O)N1CC[NH+]([C@@H]2CC(=O)N(CCc3ccccc3)C2=O)CC1. The van der Waals surface area contributed by atoms with Crippen molar-refractivity contribution in [2.45, 2.75) is 45.3 Å². The summed E-state index contributed by atoms with van der Waals surface area (Å²) < 4.78 is 5.42.